The van der Waals surface area contributed by atoms with Gasteiger partial charge in [0.15, 0.2) is 52.8 Å². The van der Waals surface area contributed by atoms with Crippen LogP contribution < -0.4 is 21.3 Å². The lowest BCUT2D eigenvalue weighted by molar-refractivity contribution is -0.152. The molecule has 4 amide bonds. The normalized spacial score (nSPS) is 27.7. The lowest BCUT2D eigenvalue weighted by Crippen LogP contribution is -2.33. The molecular weight excluding hydrogens is 962 g/mol. The van der Waals surface area contributed by atoms with Crippen LogP contribution in [0.25, 0.3) is 22.3 Å². The summed E-state index contributed by atoms with van der Waals surface area (Å²) in [6.45, 7) is 3.05. The molecule has 0 spiro atoms. The number of phosphoric acid groups is 2. The number of carbonyl (C=O) groups excluding carboxylic acids is 2. The molecule has 6 aromatic rings. The number of ether oxygens (including phenoxy) is 6. The number of fused-ring (bicyclic) bond motifs is 4. The van der Waals surface area contributed by atoms with Gasteiger partial charge in [0.1, 0.15) is 55.4 Å². The molecule has 4 unspecified atom stereocenters. The van der Waals surface area contributed by atoms with Crippen molar-refractivity contribution in [2.24, 2.45) is 0 Å². The predicted molar refractivity (Wildman–Crippen MR) is 239 cm³/mol. The van der Waals surface area contributed by atoms with E-state index in [2.05, 4.69) is 51.2 Å². The van der Waals surface area contributed by atoms with E-state index in [1.807, 2.05) is 36.4 Å². The summed E-state index contributed by atoms with van der Waals surface area (Å²) in [6.07, 6.45) is -3.68. The third-order valence-corrected chi connectivity index (χ3v) is 14.1. The number of hydrogen-bond acceptors (Lipinski definition) is 19. The van der Waals surface area contributed by atoms with Crippen molar-refractivity contribution in [3.05, 3.63) is 97.1 Å². The Bertz CT molecular complexity index is 2940. The second-order valence-corrected chi connectivity index (χ2v) is 19.1. The van der Waals surface area contributed by atoms with Gasteiger partial charge in [-0.05, 0) is 13.8 Å². The number of carbonyl (C=O) groups is 2. The van der Waals surface area contributed by atoms with E-state index in [1.54, 1.807) is 42.7 Å². The molecule has 370 valence electrons. The molecule has 27 nitrogen and oxygen atoms in total. The van der Waals surface area contributed by atoms with Gasteiger partial charge in [-0.3, -0.25) is 24.2 Å². The highest BCUT2D eigenvalue weighted by Crippen LogP contribution is 2.61. The summed E-state index contributed by atoms with van der Waals surface area (Å²) < 4.78 is 83.3. The van der Waals surface area contributed by atoms with E-state index in [0.29, 0.717) is 35.4 Å². The van der Waals surface area contributed by atoms with Crippen LogP contribution in [-0.2, 0) is 57.5 Å². The summed E-state index contributed by atoms with van der Waals surface area (Å²) in [6, 6.07) is 17.2. The molecule has 0 bridgehead atoms. The Hall–Kier alpha value is -5.90. The minimum Gasteiger partial charge on any atom is -0.365 e. The van der Waals surface area contributed by atoms with Crippen LogP contribution in [0.2, 0.25) is 0 Å². The number of aromatic nitrogens is 8. The highest BCUT2D eigenvalue weighted by Gasteiger charge is 2.56. The van der Waals surface area contributed by atoms with Crippen LogP contribution in [0.15, 0.2) is 86.0 Å². The van der Waals surface area contributed by atoms with Crippen molar-refractivity contribution in [2.45, 2.75) is 81.9 Å². The summed E-state index contributed by atoms with van der Waals surface area (Å²) in [5, 5.41) is 10.6. The largest absolute Gasteiger partial charge is 0.481 e. The number of nitrogens with zero attached hydrogens (tertiary/aromatic N) is 8. The summed E-state index contributed by atoms with van der Waals surface area (Å²) >= 11 is 0. The highest BCUT2D eigenvalue weighted by molar-refractivity contribution is 7.61. The third-order valence-electron chi connectivity index (χ3n) is 11.5. The first-order valence-electron chi connectivity index (χ1n) is 22.0. The molecule has 6 N–H and O–H groups in total. The van der Waals surface area contributed by atoms with Gasteiger partial charge in [0.2, 0.25) is 0 Å². The standard InChI is InChI=1S/C41H46N12O15P2/c1-3-42-40(54)50-33-27-35(46-18-44-33)52(20-48-27)15-24-29-30(65-38(64-29)22-11-7-5-8-12-22)25(62-24)16-60-69(56,57)68-70(58,59)61-17-26-31-32(67-39(66-31)23-13-9-6-10-14-23)37(63-26)53-21-49-28-34(45-19-47-36(28)53)51-41(55)43-4-2/h5-14,18-21,24-26,29-32,37-39H,3-4,15-17H2,1-2H3,(H,56,57)(H,58,59)(H2,42,44,46,50,54)(H2,43,45,47,51,55)/t24-,25+,26-,29-,30+,31-,32-,37-,38?,39?/m1/s1. The number of hydrogen-bond donors (Lipinski definition) is 6. The second-order valence-electron chi connectivity index (χ2n) is 16.1. The van der Waals surface area contributed by atoms with Crippen LogP contribution in [0.4, 0.5) is 21.2 Å². The van der Waals surface area contributed by atoms with Gasteiger partial charge in [-0.2, -0.15) is 4.31 Å². The summed E-state index contributed by atoms with van der Waals surface area (Å²) in [4.78, 5) is 72.1. The van der Waals surface area contributed by atoms with Gasteiger partial charge in [0, 0.05) is 24.2 Å². The van der Waals surface area contributed by atoms with E-state index in [4.69, 9.17) is 41.8 Å². The van der Waals surface area contributed by atoms with E-state index >= 15 is 0 Å². The Kier molecular flexibility index (Phi) is 13.7. The van der Waals surface area contributed by atoms with E-state index < -0.39 is 102 Å². The minimum atomic E-state index is -5.40. The molecular formula is C41H46N12O15P2. The van der Waals surface area contributed by atoms with Crippen molar-refractivity contribution < 1.29 is 70.3 Å². The predicted octanol–water partition coefficient (Wildman–Crippen LogP) is 3.83. The summed E-state index contributed by atoms with van der Waals surface area (Å²) in [5.74, 6) is 0.314. The van der Waals surface area contributed by atoms with Crippen molar-refractivity contribution in [1.82, 2.24) is 49.7 Å². The minimum absolute atomic E-state index is 0.0945. The van der Waals surface area contributed by atoms with E-state index in [9.17, 15) is 28.5 Å². The molecule has 0 radical (unpaired) electrons. The Morgan fingerprint density at radius 3 is 1.67 bits per heavy atom. The lowest BCUT2D eigenvalue weighted by Gasteiger charge is -2.23. The average molecular weight is 1010 g/mol. The maximum Gasteiger partial charge on any atom is 0.481 e. The molecule has 4 saturated heterocycles. The first-order chi connectivity index (χ1) is 33.9. The molecule has 8 heterocycles. The van der Waals surface area contributed by atoms with E-state index in [1.165, 1.54) is 29.9 Å². The number of amides is 4. The quantitative estimate of drug-likeness (QED) is 0.0707. The Balaban J connectivity index is 0.817. The number of anilines is 2. The number of nitrogens with one attached hydrogen (secondary N) is 4. The lowest BCUT2D eigenvalue weighted by atomic mass is 10.1. The fourth-order valence-corrected chi connectivity index (χ4v) is 10.6. The maximum absolute atomic E-state index is 13.4. The van der Waals surface area contributed by atoms with Gasteiger partial charge < -0.3 is 53.4 Å². The molecule has 2 aromatic carbocycles. The van der Waals surface area contributed by atoms with Gasteiger partial charge >= 0.3 is 27.7 Å². The molecule has 4 aromatic heterocycles. The van der Waals surface area contributed by atoms with Crippen LogP contribution in [0.5, 0.6) is 0 Å². The monoisotopic (exact) mass is 1010 g/mol. The van der Waals surface area contributed by atoms with Crippen LogP contribution in [0.3, 0.4) is 0 Å². The molecule has 12 atom stereocenters. The molecule has 4 aliphatic rings. The van der Waals surface area contributed by atoms with Crippen molar-refractivity contribution in [2.75, 3.05) is 36.9 Å². The smallest absolute Gasteiger partial charge is 0.365 e. The summed E-state index contributed by atoms with van der Waals surface area (Å²) in [7, 11) is -10.8. The Morgan fingerprint density at radius 2 is 1.10 bits per heavy atom. The zero-order valence-corrected chi connectivity index (χ0v) is 38.9. The molecule has 70 heavy (non-hydrogen) atoms. The molecule has 10 rings (SSSR count). The van der Waals surface area contributed by atoms with Crippen molar-refractivity contribution in [1.29, 1.82) is 0 Å². The fraction of sp³-hybridized carbons (Fsp3) is 0.415. The number of urea groups is 2. The van der Waals surface area contributed by atoms with E-state index in [-0.39, 0.29) is 29.3 Å². The van der Waals surface area contributed by atoms with Crippen LogP contribution in [0.1, 0.15) is 43.8 Å². The van der Waals surface area contributed by atoms with E-state index in [0.717, 1.165) is 0 Å². The fourth-order valence-electron chi connectivity index (χ4n) is 8.53. The molecule has 29 heteroatoms. The van der Waals surface area contributed by atoms with Crippen molar-refractivity contribution in [3.63, 3.8) is 0 Å². The molecule has 4 aliphatic heterocycles. The van der Waals surface area contributed by atoms with Gasteiger partial charge in [0.25, 0.3) is 0 Å². The Morgan fingerprint density at radius 1 is 0.614 bits per heavy atom. The zero-order valence-electron chi connectivity index (χ0n) is 37.1. The summed E-state index contributed by atoms with van der Waals surface area (Å²) in [5.41, 5.74) is 2.55. The van der Waals surface area contributed by atoms with Crippen LogP contribution >= 0.6 is 15.6 Å². The first-order valence-corrected chi connectivity index (χ1v) is 25.0. The molecule has 4 fully saturated rings. The maximum atomic E-state index is 13.4. The van der Waals surface area contributed by atoms with Gasteiger partial charge in [0.05, 0.1) is 32.4 Å². The van der Waals surface area contributed by atoms with Gasteiger partial charge in [-0.1, -0.05) is 60.7 Å². The van der Waals surface area contributed by atoms with Crippen molar-refractivity contribution in [3.8, 4) is 0 Å². The number of rotatable bonds is 17. The van der Waals surface area contributed by atoms with Gasteiger partial charge in [-0.25, -0.2) is 48.6 Å². The van der Waals surface area contributed by atoms with Gasteiger partial charge in [-0.15, -0.1) is 0 Å². The first kappa shape index (κ1) is 47.8. The molecule has 0 saturated carbocycles. The SMILES string of the molecule is CCNC(=O)Nc1ncnc2c1ncn2C[C@H]1O[C@@H](COP(=O)(O)OP(=O)(O)OC[C@H]2O[C@@H](n3cnc4c(NC(=O)NCC)ncnc43)[C@@H]3OC(c4ccccc4)O[C@@H]32)[C@@H]2OC(c3ccccc3)O[C@@H]21. The van der Waals surface area contributed by atoms with Crippen LogP contribution in [-0.4, -0.2) is 130 Å². The number of imidazole rings is 2. The van der Waals surface area contributed by atoms with Crippen LogP contribution in [0, 0.1) is 0 Å². The highest BCUT2D eigenvalue weighted by atomic mass is 31.3. The third kappa shape index (κ3) is 10.0. The van der Waals surface area contributed by atoms with Crippen molar-refractivity contribution >= 4 is 61.7 Å². The topological polar surface area (TPSA) is 327 Å². The zero-order chi connectivity index (χ0) is 48.6. The Labute approximate surface area is 396 Å². The average Bonchev–Trinajstić information content (AvgIpc) is 4.21. The molecule has 0 aliphatic carbocycles. The number of phosphoric ester groups is 2. The second kappa shape index (κ2) is 20.1. The number of benzene rings is 2.